The van der Waals surface area contributed by atoms with Crippen molar-refractivity contribution in [2.45, 2.75) is 19.4 Å². The van der Waals surface area contributed by atoms with Crippen LogP contribution in [0, 0.1) is 0 Å². The van der Waals surface area contributed by atoms with Crippen LogP contribution < -0.4 is 5.73 Å². The second-order valence-electron chi connectivity index (χ2n) is 4.05. The molecule has 0 saturated carbocycles. The van der Waals surface area contributed by atoms with Crippen molar-refractivity contribution in [2.75, 3.05) is 0 Å². The molecule has 5 heteroatoms. The lowest BCUT2D eigenvalue weighted by Gasteiger charge is -2.08. The molecule has 0 aliphatic carbocycles. The third-order valence-corrected chi connectivity index (χ3v) is 2.80. The first-order valence-corrected chi connectivity index (χ1v) is 5.74. The molecule has 0 bridgehead atoms. The van der Waals surface area contributed by atoms with E-state index in [0.29, 0.717) is 12.0 Å². The van der Waals surface area contributed by atoms with Crippen LogP contribution in [0.25, 0.3) is 5.69 Å². The van der Waals surface area contributed by atoms with Crippen LogP contribution in [0.2, 0.25) is 0 Å². The number of primary amides is 1. The van der Waals surface area contributed by atoms with Gasteiger partial charge in [0, 0.05) is 6.20 Å². The molecule has 0 unspecified atom stereocenters. The molecule has 1 aromatic carbocycles. The summed E-state index contributed by atoms with van der Waals surface area (Å²) in [6, 6.07) is 7.36. The monoisotopic (exact) mass is 245 g/mol. The van der Waals surface area contributed by atoms with Gasteiger partial charge in [0.1, 0.15) is 0 Å². The molecule has 1 atom stereocenters. The van der Waals surface area contributed by atoms with Crippen LogP contribution in [0.1, 0.15) is 35.4 Å². The topological polar surface area (TPSA) is 81.1 Å². The van der Waals surface area contributed by atoms with Gasteiger partial charge >= 0.3 is 0 Å². The summed E-state index contributed by atoms with van der Waals surface area (Å²) in [5.74, 6) is -0.501. The smallest absolute Gasteiger partial charge is 0.251 e. The molecule has 1 amide bonds. The second-order valence-corrected chi connectivity index (χ2v) is 4.05. The van der Waals surface area contributed by atoms with Crippen LogP contribution in [0.3, 0.4) is 0 Å². The van der Waals surface area contributed by atoms with Gasteiger partial charge in [0.05, 0.1) is 23.6 Å². The van der Waals surface area contributed by atoms with Crippen LogP contribution in [0.15, 0.2) is 36.7 Å². The number of carbonyl (C=O) groups is 1. The van der Waals surface area contributed by atoms with Gasteiger partial charge in [-0.05, 0) is 24.1 Å². The fraction of sp³-hybridized carbons (Fsp3) is 0.231. The predicted octanol–water partition coefficient (Wildman–Crippen LogP) is 1.41. The highest BCUT2D eigenvalue weighted by molar-refractivity contribution is 5.92. The van der Waals surface area contributed by atoms with E-state index in [-0.39, 0.29) is 0 Å². The number of nitrogens with zero attached hydrogens (tertiary/aromatic N) is 2. The first kappa shape index (κ1) is 12.3. The number of aliphatic hydroxyl groups excluding tert-OH is 1. The van der Waals surface area contributed by atoms with Crippen molar-refractivity contribution >= 4 is 5.91 Å². The Balaban J connectivity index is 2.25. The molecular formula is C13H15N3O2. The van der Waals surface area contributed by atoms with Gasteiger partial charge in [-0.15, -0.1) is 0 Å². The Morgan fingerprint density at radius 1 is 1.44 bits per heavy atom. The molecule has 0 aliphatic heterocycles. The molecule has 0 aliphatic rings. The Kier molecular flexibility index (Phi) is 3.43. The number of hydrogen-bond acceptors (Lipinski definition) is 3. The van der Waals surface area contributed by atoms with Crippen LogP contribution in [-0.2, 0) is 0 Å². The lowest BCUT2D eigenvalue weighted by Crippen LogP contribution is -2.09. The average Bonchev–Trinajstić information content (AvgIpc) is 2.88. The van der Waals surface area contributed by atoms with Crippen LogP contribution in [0.4, 0.5) is 0 Å². The minimum absolute atomic E-state index is 0.368. The van der Waals surface area contributed by atoms with Gasteiger partial charge in [-0.3, -0.25) is 4.79 Å². The summed E-state index contributed by atoms with van der Waals surface area (Å²) in [4.78, 5) is 11.0. The molecule has 0 saturated heterocycles. The third-order valence-electron chi connectivity index (χ3n) is 2.80. The van der Waals surface area contributed by atoms with E-state index in [9.17, 15) is 9.90 Å². The standard InChI is InChI=1S/C13H15N3O2/c1-2-12(17)9-3-5-11(6-4-9)16-8-10(7-15-16)13(14)18/h3-8,12,17H,2H2,1H3,(H2,14,18)/t12-/m1/s1. The number of aromatic nitrogens is 2. The molecule has 3 N–H and O–H groups in total. The Morgan fingerprint density at radius 3 is 2.61 bits per heavy atom. The SMILES string of the molecule is CC[C@@H](O)c1ccc(-n2cc(C(N)=O)cn2)cc1. The van der Waals surface area contributed by atoms with Gasteiger partial charge in [-0.2, -0.15) is 5.10 Å². The summed E-state index contributed by atoms with van der Waals surface area (Å²) < 4.78 is 1.57. The molecule has 2 aromatic rings. The minimum Gasteiger partial charge on any atom is -0.388 e. The van der Waals surface area contributed by atoms with Crippen molar-refractivity contribution < 1.29 is 9.90 Å². The van der Waals surface area contributed by atoms with Crippen LogP contribution >= 0.6 is 0 Å². The number of aliphatic hydroxyl groups is 1. The zero-order chi connectivity index (χ0) is 13.1. The Hall–Kier alpha value is -2.14. The van der Waals surface area contributed by atoms with Crippen molar-refractivity contribution in [1.29, 1.82) is 0 Å². The summed E-state index contributed by atoms with van der Waals surface area (Å²) in [7, 11) is 0. The molecule has 0 radical (unpaired) electrons. The van der Waals surface area contributed by atoms with E-state index in [1.807, 2.05) is 31.2 Å². The molecule has 2 rings (SSSR count). The first-order valence-electron chi connectivity index (χ1n) is 5.74. The van der Waals surface area contributed by atoms with E-state index in [4.69, 9.17) is 5.73 Å². The van der Waals surface area contributed by atoms with E-state index in [1.165, 1.54) is 6.20 Å². The van der Waals surface area contributed by atoms with Crippen molar-refractivity contribution in [3.05, 3.63) is 47.8 Å². The normalized spacial score (nSPS) is 12.3. The molecule has 1 heterocycles. The van der Waals surface area contributed by atoms with Gasteiger partial charge in [0.2, 0.25) is 0 Å². The van der Waals surface area contributed by atoms with Crippen LogP contribution in [0.5, 0.6) is 0 Å². The third kappa shape index (κ3) is 2.41. The van der Waals surface area contributed by atoms with Crippen molar-refractivity contribution in [3.8, 4) is 5.69 Å². The van der Waals surface area contributed by atoms with Gasteiger partial charge in [0.15, 0.2) is 0 Å². The first-order chi connectivity index (χ1) is 8.61. The van der Waals surface area contributed by atoms with E-state index >= 15 is 0 Å². The highest BCUT2D eigenvalue weighted by Crippen LogP contribution is 2.18. The molecular weight excluding hydrogens is 230 g/mol. The van der Waals surface area contributed by atoms with Gasteiger partial charge in [-0.1, -0.05) is 19.1 Å². The van der Waals surface area contributed by atoms with Gasteiger partial charge < -0.3 is 10.8 Å². The summed E-state index contributed by atoms with van der Waals surface area (Å²) in [5.41, 5.74) is 7.21. The quantitative estimate of drug-likeness (QED) is 0.854. The number of hydrogen-bond donors (Lipinski definition) is 2. The number of nitrogens with two attached hydrogens (primary N) is 1. The fourth-order valence-electron chi connectivity index (χ4n) is 1.68. The lowest BCUT2D eigenvalue weighted by atomic mass is 10.1. The van der Waals surface area contributed by atoms with E-state index < -0.39 is 12.0 Å². The van der Waals surface area contributed by atoms with Gasteiger partial charge in [0.25, 0.3) is 5.91 Å². The number of benzene rings is 1. The lowest BCUT2D eigenvalue weighted by molar-refractivity contribution is 0.100. The highest BCUT2D eigenvalue weighted by atomic mass is 16.3. The van der Waals surface area contributed by atoms with Gasteiger partial charge in [-0.25, -0.2) is 4.68 Å². The Morgan fingerprint density at radius 2 is 2.11 bits per heavy atom. The highest BCUT2D eigenvalue weighted by Gasteiger charge is 2.07. The van der Waals surface area contributed by atoms with Crippen molar-refractivity contribution in [2.24, 2.45) is 5.73 Å². The number of carbonyl (C=O) groups excluding carboxylic acids is 1. The molecule has 18 heavy (non-hydrogen) atoms. The predicted molar refractivity (Wildman–Crippen MR) is 67.3 cm³/mol. The van der Waals surface area contributed by atoms with E-state index in [1.54, 1.807) is 10.9 Å². The van der Waals surface area contributed by atoms with Crippen molar-refractivity contribution in [1.82, 2.24) is 9.78 Å². The maximum absolute atomic E-state index is 11.0. The molecule has 1 aromatic heterocycles. The summed E-state index contributed by atoms with van der Waals surface area (Å²) in [6.45, 7) is 1.92. The summed E-state index contributed by atoms with van der Waals surface area (Å²) in [6.07, 6.45) is 3.23. The molecule has 94 valence electrons. The van der Waals surface area contributed by atoms with E-state index in [2.05, 4.69) is 5.10 Å². The number of rotatable bonds is 4. The molecule has 5 nitrogen and oxygen atoms in total. The minimum atomic E-state index is -0.501. The Labute approximate surface area is 105 Å². The summed E-state index contributed by atoms with van der Waals surface area (Å²) in [5, 5.41) is 13.7. The maximum atomic E-state index is 11.0. The molecule has 0 fully saturated rings. The van der Waals surface area contributed by atoms with E-state index in [0.717, 1.165) is 11.3 Å². The zero-order valence-electron chi connectivity index (χ0n) is 10.1. The van der Waals surface area contributed by atoms with Crippen molar-refractivity contribution in [3.63, 3.8) is 0 Å². The Bertz CT molecular complexity index is 546. The number of amides is 1. The fourth-order valence-corrected chi connectivity index (χ4v) is 1.68. The largest absolute Gasteiger partial charge is 0.388 e. The summed E-state index contributed by atoms with van der Waals surface area (Å²) >= 11 is 0. The zero-order valence-corrected chi connectivity index (χ0v) is 10.1. The maximum Gasteiger partial charge on any atom is 0.251 e. The van der Waals surface area contributed by atoms with Crippen LogP contribution in [-0.4, -0.2) is 20.8 Å². The second kappa shape index (κ2) is 5.01. The average molecular weight is 245 g/mol. The molecule has 0 spiro atoms.